The molecule has 3 atom stereocenters. The lowest BCUT2D eigenvalue weighted by Gasteiger charge is -2.36. The number of hydrogen-bond acceptors (Lipinski definition) is 4. The molecule has 0 aromatic carbocycles. The number of hydrogen-bond donors (Lipinski definition) is 1. The molecule has 1 aliphatic rings. The van der Waals surface area contributed by atoms with E-state index in [0.29, 0.717) is 38.6 Å². The van der Waals surface area contributed by atoms with Gasteiger partial charge in [0.2, 0.25) is 0 Å². The van der Waals surface area contributed by atoms with Gasteiger partial charge in [-0.25, -0.2) is 0 Å². The largest absolute Gasteiger partial charge is 0.382 e. The van der Waals surface area contributed by atoms with Gasteiger partial charge in [0, 0.05) is 13.2 Å². The van der Waals surface area contributed by atoms with Gasteiger partial charge in [-0.05, 0) is 31.7 Å². The van der Waals surface area contributed by atoms with Crippen molar-refractivity contribution in [1.29, 1.82) is 0 Å². The quantitative estimate of drug-likeness (QED) is 0.593. The van der Waals surface area contributed by atoms with Crippen LogP contribution >= 0.6 is 0 Å². The van der Waals surface area contributed by atoms with Crippen LogP contribution in [0.1, 0.15) is 46.0 Å². The Labute approximate surface area is 124 Å². The highest BCUT2D eigenvalue weighted by Gasteiger charge is 2.30. The number of ether oxygens (including phenoxy) is 3. The minimum absolute atomic E-state index is 0.353. The van der Waals surface area contributed by atoms with E-state index in [9.17, 15) is 0 Å². The minimum atomic E-state index is 0.353. The van der Waals surface area contributed by atoms with Gasteiger partial charge in [-0.3, -0.25) is 0 Å². The van der Waals surface area contributed by atoms with Crippen molar-refractivity contribution in [2.45, 2.75) is 58.1 Å². The van der Waals surface area contributed by atoms with Crippen molar-refractivity contribution in [2.24, 2.45) is 5.92 Å². The smallest absolute Gasteiger partial charge is 0.0731 e. The molecule has 1 saturated carbocycles. The van der Waals surface area contributed by atoms with Gasteiger partial charge >= 0.3 is 0 Å². The number of nitrogens with one attached hydrogen (secondary N) is 1. The van der Waals surface area contributed by atoms with E-state index in [1.54, 1.807) is 7.11 Å². The van der Waals surface area contributed by atoms with Gasteiger partial charge in [0.15, 0.2) is 0 Å². The average Bonchev–Trinajstić information content (AvgIpc) is 2.45. The molecule has 0 aliphatic heterocycles. The molecule has 0 heterocycles. The lowest BCUT2D eigenvalue weighted by Crippen LogP contribution is -2.46. The fourth-order valence-electron chi connectivity index (χ4n) is 3.06. The Kier molecular flexibility index (Phi) is 10.3. The van der Waals surface area contributed by atoms with Crippen LogP contribution in [0.4, 0.5) is 0 Å². The molecule has 120 valence electrons. The normalized spacial score (nSPS) is 26.9. The third-order valence-electron chi connectivity index (χ3n) is 4.05. The van der Waals surface area contributed by atoms with E-state index in [4.69, 9.17) is 14.2 Å². The van der Waals surface area contributed by atoms with E-state index in [-0.39, 0.29) is 0 Å². The molecular formula is C16H33NO3. The van der Waals surface area contributed by atoms with Crippen molar-refractivity contribution in [2.75, 3.05) is 40.1 Å². The molecule has 0 saturated heterocycles. The summed E-state index contributed by atoms with van der Waals surface area (Å²) in [6.07, 6.45) is 6.76. The first kappa shape index (κ1) is 17.9. The van der Waals surface area contributed by atoms with Crippen molar-refractivity contribution in [3.8, 4) is 0 Å². The summed E-state index contributed by atoms with van der Waals surface area (Å²) >= 11 is 0. The maximum Gasteiger partial charge on any atom is 0.0731 e. The minimum Gasteiger partial charge on any atom is -0.382 e. The molecule has 4 heteroatoms. The van der Waals surface area contributed by atoms with Crippen LogP contribution in [0.3, 0.4) is 0 Å². The second kappa shape index (κ2) is 11.5. The van der Waals surface area contributed by atoms with E-state index in [1.807, 2.05) is 0 Å². The molecule has 20 heavy (non-hydrogen) atoms. The first-order valence-corrected chi connectivity index (χ1v) is 8.23. The molecule has 0 amide bonds. The van der Waals surface area contributed by atoms with E-state index < -0.39 is 0 Å². The molecule has 1 rings (SSSR count). The standard InChI is InChI=1S/C16H33NO3/c1-4-6-14-7-8-15(17-5-2)16(13-14)20-12-11-19-10-9-18-3/h14-17H,4-13H2,1-3H3. The topological polar surface area (TPSA) is 39.7 Å². The van der Waals surface area contributed by atoms with Crippen LogP contribution in [-0.4, -0.2) is 52.2 Å². The predicted molar refractivity (Wildman–Crippen MR) is 82.1 cm³/mol. The van der Waals surface area contributed by atoms with Crippen molar-refractivity contribution >= 4 is 0 Å². The molecule has 0 radical (unpaired) electrons. The molecule has 1 fully saturated rings. The van der Waals surface area contributed by atoms with Gasteiger partial charge in [0.05, 0.1) is 32.5 Å². The summed E-state index contributed by atoms with van der Waals surface area (Å²) in [6.45, 7) is 8.13. The highest BCUT2D eigenvalue weighted by atomic mass is 16.5. The molecule has 0 aromatic rings. The molecule has 0 bridgehead atoms. The molecule has 4 nitrogen and oxygen atoms in total. The van der Waals surface area contributed by atoms with Crippen LogP contribution in [0.15, 0.2) is 0 Å². The molecule has 0 aromatic heterocycles. The average molecular weight is 287 g/mol. The number of rotatable bonds is 11. The Morgan fingerprint density at radius 1 is 1.05 bits per heavy atom. The fourth-order valence-corrected chi connectivity index (χ4v) is 3.06. The zero-order valence-corrected chi connectivity index (χ0v) is 13.5. The Balaban J connectivity index is 2.24. The Hall–Kier alpha value is -0.160. The van der Waals surface area contributed by atoms with E-state index >= 15 is 0 Å². The van der Waals surface area contributed by atoms with Gasteiger partial charge in [-0.2, -0.15) is 0 Å². The first-order chi connectivity index (χ1) is 9.81. The van der Waals surface area contributed by atoms with Crippen LogP contribution in [0.25, 0.3) is 0 Å². The summed E-state index contributed by atoms with van der Waals surface area (Å²) in [6, 6.07) is 0.520. The van der Waals surface area contributed by atoms with E-state index in [1.165, 1.54) is 32.1 Å². The van der Waals surface area contributed by atoms with Crippen LogP contribution in [0, 0.1) is 5.92 Å². The predicted octanol–water partition coefficient (Wildman–Crippen LogP) is 2.61. The summed E-state index contributed by atoms with van der Waals surface area (Å²) in [7, 11) is 1.69. The summed E-state index contributed by atoms with van der Waals surface area (Å²) in [4.78, 5) is 0. The summed E-state index contributed by atoms with van der Waals surface area (Å²) in [5.74, 6) is 0.842. The zero-order valence-electron chi connectivity index (χ0n) is 13.5. The monoisotopic (exact) mass is 287 g/mol. The number of methoxy groups -OCH3 is 1. The molecule has 0 spiro atoms. The van der Waals surface area contributed by atoms with Gasteiger partial charge in [0.25, 0.3) is 0 Å². The number of likely N-dealkylation sites (N-methyl/N-ethyl adjacent to an activating group) is 1. The maximum absolute atomic E-state index is 6.08. The molecule has 1 aliphatic carbocycles. The third kappa shape index (κ3) is 7.02. The first-order valence-electron chi connectivity index (χ1n) is 8.23. The van der Waals surface area contributed by atoms with Crippen LogP contribution in [-0.2, 0) is 14.2 Å². The zero-order chi connectivity index (χ0) is 14.6. The van der Waals surface area contributed by atoms with Gasteiger partial charge in [-0.15, -0.1) is 0 Å². The fraction of sp³-hybridized carbons (Fsp3) is 1.00. The lowest BCUT2D eigenvalue weighted by molar-refractivity contribution is -0.0412. The van der Waals surface area contributed by atoms with E-state index in [0.717, 1.165) is 12.5 Å². The maximum atomic E-state index is 6.08. The van der Waals surface area contributed by atoms with E-state index in [2.05, 4.69) is 19.2 Å². The molecule has 1 N–H and O–H groups in total. The second-order valence-electron chi connectivity index (χ2n) is 5.65. The van der Waals surface area contributed by atoms with Gasteiger partial charge in [-0.1, -0.05) is 26.7 Å². The van der Waals surface area contributed by atoms with Crippen molar-refractivity contribution < 1.29 is 14.2 Å². The summed E-state index contributed by atoms with van der Waals surface area (Å²) in [5.41, 5.74) is 0. The van der Waals surface area contributed by atoms with Crippen LogP contribution in [0.5, 0.6) is 0 Å². The SMILES string of the molecule is CCCC1CCC(NCC)C(OCCOCCOC)C1. The van der Waals surface area contributed by atoms with Crippen molar-refractivity contribution in [3.63, 3.8) is 0 Å². The van der Waals surface area contributed by atoms with Crippen molar-refractivity contribution in [1.82, 2.24) is 5.32 Å². The summed E-state index contributed by atoms with van der Waals surface area (Å²) < 4.78 is 16.5. The molecular weight excluding hydrogens is 254 g/mol. The molecule has 3 unspecified atom stereocenters. The highest BCUT2D eigenvalue weighted by molar-refractivity contribution is 4.85. The second-order valence-corrected chi connectivity index (χ2v) is 5.65. The Morgan fingerprint density at radius 3 is 2.55 bits per heavy atom. The van der Waals surface area contributed by atoms with Gasteiger partial charge in [0.1, 0.15) is 0 Å². The Morgan fingerprint density at radius 2 is 1.85 bits per heavy atom. The summed E-state index contributed by atoms with van der Waals surface area (Å²) in [5, 5.41) is 3.57. The van der Waals surface area contributed by atoms with Crippen LogP contribution < -0.4 is 5.32 Å². The van der Waals surface area contributed by atoms with Gasteiger partial charge < -0.3 is 19.5 Å². The third-order valence-corrected chi connectivity index (χ3v) is 4.05. The Bertz CT molecular complexity index is 226. The lowest BCUT2D eigenvalue weighted by atomic mass is 9.81. The van der Waals surface area contributed by atoms with Crippen molar-refractivity contribution in [3.05, 3.63) is 0 Å². The highest BCUT2D eigenvalue weighted by Crippen LogP contribution is 2.29. The van der Waals surface area contributed by atoms with Crippen LogP contribution in [0.2, 0.25) is 0 Å².